The highest BCUT2D eigenvalue weighted by molar-refractivity contribution is 5.90. The number of alkyl carbamates (subject to hydrolysis) is 1. The van der Waals surface area contributed by atoms with E-state index in [9.17, 15) is 19.2 Å². The van der Waals surface area contributed by atoms with Gasteiger partial charge in [0.2, 0.25) is 5.56 Å². The summed E-state index contributed by atoms with van der Waals surface area (Å²) in [5.41, 5.74) is 1.45. The van der Waals surface area contributed by atoms with E-state index in [-0.39, 0.29) is 18.6 Å². The summed E-state index contributed by atoms with van der Waals surface area (Å²) >= 11 is 0. The number of anilines is 2. The Morgan fingerprint density at radius 3 is 2.47 bits per heavy atom. The summed E-state index contributed by atoms with van der Waals surface area (Å²) in [6, 6.07) is 6.83. The second-order valence-corrected chi connectivity index (χ2v) is 9.66. The Balaban J connectivity index is 2.12. The average molecular weight is 527 g/mol. The molecule has 0 saturated carbocycles. The molecule has 0 aliphatic carbocycles. The number of H-pyrrole nitrogens is 1. The van der Waals surface area contributed by atoms with Gasteiger partial charge in [0.25, 0.3) is 0 Å². The molecule has 0 spiro atoms. The largest absolute Gasteiger partial charge is 0.464 e. The number of amides is 2. The third kappa shape index (κ3) is 7.86. The standard InChI is InChI=1S/C27H34N4O7/c1-6-37-24(33)20-10-8-7-9-19(31-26(35)38-27(2,3)4)22-13-16(14-23(32)30-22)18-12-11-17(15-21(18)29-20)28-25(34)36-5/h7-8,11-15,19-20,29H,6,9-10H2,1-5H3,(H,28,34)(H,30,32)(H,31,35). The number of rotatable bonds is 4. The van der Waals surface area contributed by atoms with E-state index in [1.54, 1.807) is 58.0 Å². The summed E-state index contributed by atoms with van der Waals surface area (Å²) in [5.74, 6) is -0.457. The van der Waals surface area contributed by atoms with Crippen LogP contribution in [0, 0.1) is 0 Å². The van der Waals surface area contributed by atoms with Crippen LogP contribution in [0.2, 0.25) is 0 Å². The van der Waals surface area contributed by atoms with E-state index in [0.717, 1.165) is 0 Å². The molecule has 2 unspecified atom stereocenters. The number of benzene rings is 1. The molecular formula is C27H34N4O7. The summed E-state index contributed by atoms with van der Waals surface area (Å²) < 4.78 is 15.4. The second-order valence-electron chi connectivity index (χ2n) is 9.66. The van der Waals surface area contributed by atoms with Crippen molar-refractivity contribution in [3.63, 3.8) is 0 Å². The van der Waals surface area contributed by atoms with Gasteiger partial charge in [0.05, 0.1) is 19.8 Å². The summed E-state index contributed by atoms with van der Waals surface area (Å²) in [5, 5.41) is 8.64. The molecule has 4 N–H and O–H groups in total. The normalized spacial score (nSPS) is 17.0. The van der Waals surface area contributed by atoms with Gasteiger partial charge in [-0.15, -0.1) is 0 Å². The van der Waals surface area contributed by atoms with E-state index in [0.29, 0.717) is 34.6 Å². The van der Waals surface area contributed by atoms with Crippen LogP contribution in [-0.2, 0) is 19.0 Å². The first-order valence-corrected chi connectivity index (χ1v) is 12.3. The van der Waals surface area contributed by atoms with Crippen LogP contribution in [0.5, 0.6) is 0 Å². The molecule has 0 radical (unpaired) electrons. The number of fused-ring (bicyclic) bond motifs is 4. The molecular weight excluding hydrogens is 492 g/mol. The third-order valence-corrected chi connectivity index (χ3v) is 5.50. The molecule has 2 heterocycles. The number of carbonyl (C=O) groups excluding carboxylic acids is 3. The van der Waals surface area contributed by atoms with E-state index < -0.39 is 35.8 Å². The summed E-state index contributed by atoms with van der Waals surface area (Å²) in [6.07, 6.45) is 2.97. The Bertz CT molecular complexity index is 1260. The zero-order valence-corrected chi connectivity index (χ0v) is 22.2. The molecule has 1 aromatic carbocycles. The van der Waals surface area contributed by atoms with Crippen LogP contribution in [0.4, 0.5) is 21.0 Å². The van der Waals surface area contributed by atoms with Gasteiger partial charge in [0.1, 0.15) is 11.6 Å². The predicted octanol–water partition coefficient (Wildman–Crippen LogP) is 4.48. The molecule has 2 bridgehead atoms. The van der Waals surface area contributed by atoms with Crippen LogP contribution in [0.3, 0.4) is 0 Å². The van der Waals surface area contributed by atoms with Gasteiger partial charge < -0.3 is 29.8 Å². The predicted molar refractivity (Wildman–Crippen MR) is 143 cm³/mol. The van der Waals surface area contributed by atoms with Gasteiger partial charge in [-0.25, -0.2) is 14.4 Å². The summed E-state index contributed by atoms with van der Waals surface area (Å²) in [4.78, 5) is 52.7. The zero-order chi connectivity index (χ0) is 27.9. The van der Waals surface area contributed by atoms with E-state index in [1.165, 1.54) is 13.2 Å². The quantitative estimate of drug-likeness (QED) is 0.259. The van der Waals surface area contributed by atoms with E-state index in [2.05, 4.69) is 25.7 Å². The van der Waals surface area contributed by atoms with Gasteiger partial charge in [-0.05, 0) is 64.3 Å². The smallest absolute Gasteiger partial charge is 0.411 e. The number of carbonyl (C=O) groups is 3. The third-order valence-electron chi connectivity index (χ3n) is 5.50. The van der Waals surface area contributed by atoms with Crippen LogP contribution >= 0.6 is 0 Å². The minimum atomic E-state index is -0.753. The van der Waals surface area contributed by atoms with Crippen molar-refractivity contribution in [2.24, 2.45) is 0 Å². The SMILES string of the molecule is CCOC(=O)C1CC=CCC(NC(=O)OC(C)(C)C)c2cc(cc(=O)[nH]2)-c2ccc(NC(=O)OC)cc2N1. The Hall–Kier alpha value is -4.28. The van der Waals surface area contributed by atoms with E-state index in [4.69, 9.17) is 9.47 Å². The molecule has 2 aromatic rings. The van der Waals surface area contributed by atoms with Crippen molar-refractivity contribution in [3.8, 4) is 11.1 Å². The van der Waals surface area contributed by atoms with Crippen molar-refractivity contribution in [1.82, 2.24) is 10.3 Å². The highest BCUT2D eigenvalue weighted by Crippen LogP contribution is 2.33. The monoisotopic (exact) mass is 526 g/mol. The molecule has 0 fully saturated rings. The van der Waals surface area contributed by atoms with Crippen LogP contribution in [0.1, 0.15) is 52.3 Å². The molecule has 1 aliphatic heterocycles. The van der Waals surface area contributed by atoms with Gasteiger partial charge in [0, 0.05) is 28.7 Å². The minimum absolute atomic E-state index is 0.205. The number of esters is 1. The Labute approximate surface area is 220 Å². The van der Waals surface area contributed by atoms with Crippen LogP contribution in [0.15, 0.2) is 47.3 Å². The van der Waals surface area contributed by atoms with Crippen molar-refractivity contribution in [1.29, 1.82) is 0 Å². The maximum absolute atomic E-state index is 12.8. The summed E-state index contributed by atoms with van der Waals surface area (Å²) in [6.45, 7) is 7.22. The Kier molecular flexibility index (Phi) is 9.16. The van der Waals surface area contributed by atoms with Gasteiger partial charge >= 0.3 is 18.2 Å². The molecule has 2 atom stereocenters. The van der Waals surface area contributed by atoms with Crippen molar-refractivity contribution >= 4 is 29.5 Å². The van der Waals surface area contributed by atoms with E-state index in [1.807, 2.05) is 6.08 Å². The summed E-state index contributed by atoms with van der Waals surface area (Å²) in [7, 11) is 1.25. The minimum Gasteiger partial charge on any atom is -0.464 e. The van der Waals surface area contributed by atoms with Gasteiger partial charge in [-0.3, -0.25) is 10.1 Å². The highest BCUT2D eigenvalue weighted by Gasteiger charge is 2.24. The van der Waals surface area contributed by atoms with Gasteiger partial charge in [-0.1, -0.05) is 18.2 Å². The number of pyridine rings is 1. The topological polar surface area (TPSA) is 148 Å². The molecule has 204 valence electrons. The van der Waals surface area contributed by atoms with Crippen molar-refractivity contribution in [3.05, 3.63) is 58.5 Å². The van der Waals surface area contributed by atoms with Crippen LogP contribution < -0.4 is 21.5 Å². The number of hydrogen-bond donors (Lipinski definition) is 4. The lowest BCUT2D eigenvalue weighted by molar-refractivity contribution is -0.143. The van der Waals surface area contributed by atoms with Crippen LogP contribution in [0.25, 0.3) is 11.1 Å². The molecule has 2 amide bonds. The van der Waals surface area contributed by atoms with Gasteiger partial charge in [0.15, 0.2) is 0 Å². The molecule has 11 nitrogen and oxygen atoms in total. The number of nitrogens with one attached hydrogen (secondary N) is 4. The fourth-order valence-electron chi connectivity index (χ4n) is 3.89. The molecule has 0 saturated heterocycles. The highest BCUT2D eigenvalue weighted by atomic mass is 16.6. The van der Waals surface area contributed by atoms with Crippen molar-refractivity contribution in [2.45, 2.75) is 58.2 Å². The average Bonchev–Trinajstić information content (AvgIpc) is 2.83. The molecule has 38 heavy (non-hydrogen) atoms. The maximum atomic E-state index is 12.8. The van der Waals surface area contributed by atoms with Crippen molar-refractivity contribution in [2.75, 3.05) is 24.4 Å². The number of hydrogen-bond acceptors (Lipinski definition) is 8. The Morgan fingerprint density at radius 2 is 1.79 bits per heavy atom. The first-order chi connectivity index (χ1) is 18.0. The lowest BCUT2D eigenvalue weighted by Gasteiger charge is -2.24. The molecule has 1 aromatic heterocycles. The fourth-order valence-corrected chi connectivity index (χ4v) is 3.89. The molecule has 3 rings (SSSR count). The fraction of sp³-hybridized carbons (Fsp3) is 0.407. The Morgan fingerprint density at radius 1 is 1.05 bits per heavy atom. The second kappa shape index (κ2) is 12.3. The molecule has 11 heteroatoms. The van der Waals surface area contributed by atoms with Gasteiger partial charge in [-0.2, -0.15) is 0 Å². The number of aromatic nitrogens is 1. The first-order valence-electron chi connectivity index (χ1n) is 12.3. The number of methoxy groups -OCH3 is 1. The first kappa shape index (κ1) is 28.3. The molecule has 1 aliphatic rings. The number of aromatic amines is 1. The lowest BCUT2D eigenvalue weighted by Crippen LogP contribution is -2.35. The lowest BCUT2D eigenvalue weighted by atomic mass is 9.98. The van der Waals surface area contributed by atoms with Crippen LogP contribution in [-0.4, -0.2) is 48.5 Å². The number of ether oxygens (including phenoxy) is 3. The van der Waals surface area contributed by atoms with E-state index >= 15 is 0 Å². The zero-order valence-electron chi connectivity index (χ0n) is 22.2. The maximum Gasteiger partial charge on any atom is 0.411 e. The van der Waals surface area contributed by atoms with Crippen molar-refractivity contribution < 1.29 is 28.6 Å².